The molecule has 0 unspecified atom stereocenters. The van der Waals surface area contributed by atoms with Crippen molar-refractivity contribution in [2.24, 2.45) is 0 Å². The van der Waals surface area contributed by atoms with Crippen LogP contribution in [0.4, 0.5) is 11.4 Å². The van der Waals surface area contributed by atoms with Crippen molar-refractivity contribution in [3.05, 3.63) is 36.4 Å². The van der Waals surface area contributed by atoms with E-state index in [-0.39, 0.29) is 37.7 Å². The number of nitrogens with zero attached hydrogens (tertiary/aromatic N) is 2. The summed E-state index contributed by atoms with van der Waals surface area (Å²) in [7, 11) is 8.34. The third kappa shape index (κ3) is 2.87. The number of hydrogen-bond donors (Lipinski definition) is 0. The zero-order chi connectivity index (χ0) is 11.7. The molecule has 92 valence electrons. The van der Waals surface area contributed by atoms with E-state index in [9.17, 15) is 0 Å². The first-order valence-electron chi connectivity index (χ1n) is 5.47. The Balaban J connectivity index is 0.00000144. The molecule has 0 aliphatic heterocycles. The molecule has 2 rings (SSSR count). The SMILES string of the molecule is CN(C)c1cccc2cccc(N(C)C)c12.[Ar]. The summed E-state index contributed by atoms with van der Waals surface area (Å²) in [6, 6.07) is 12.9. The molecule has 0 aromatic heterocycles. The Kier molecular flexibility index (Phi) is 5.11. The molecular weight excluding hydrogens is 236 g/mol. The molecule has 0 heterocycles. The van der Waals surface area contributed by atoms with E-state index < -0.39 is 0 Å². The summed E-state index contributed by atoms with van der Waals surface area (Å²) in [6.07, 6.45) is 0. The quantitative estimate of drug-likeness (QED) is 0.813. The second-order valence-electron chi connectivity index (χ2n) is 4.44. The summed E-state index contributed by atoms with van der Waals surface area (Å²) in [6.45, 7) is 0. The van der Waals surface area contributed by atoms with Crippen LogP contribution in [0.15, 0.2) is 36.4 Å². The van der Waals surface area contributed by atoms with Crippen LogP contribution in [0.1, 0.15) is 0 Å². The molecule has 2 nitrogen and oxygen atoms in total. The van der Waals surface area contributed by atoms with E-state index in [1.165, 1.54) is 22.1 Å². The van der Waals surface area contributed by atoms with Crippen LogP contribution in [0, 0.1) is 37.7 Å². The fourth-order valence-electron chi connectivity index (χ4n) is 2.05. The van der Waals surface area contributed by atoms with Crippen molar-refractivity contribution in [2.75, 3.05) is 38.0 Å². The second kappa shape index (κ2) is 5.94. The van der Waals surface area contributed by atoms with Gasteiger partial charge >= 0.3 is 0 Å². The standard InChI is InChI=1S/C14H18N2.Ar/c1-15(2)12-9-5-7-11-8-6-10-13(14(11)12)16(3)4;/h5-10H,1-4H3;. The minimum Gasteiger partial charge on any atom is -0.377 e. The zero-order valence-electron chi connectivity index (χ0n) is 10.7. The molecule has 0 radical (unpaired) electrons. The van der Waals surface area contributed by atoms with E-state index in [1.807, 2.05) is 0 Å². The average molecular weight is 254 g/mol. The normalized spacial score (nSPS) is 9.88. The maximum Gasteiger partial charge on any atom is 0.0461 e. The van der Waals surface area contributed by atoms with Gasteiger partial charge in [0.05, 0.1) is 0 Å². The van der Waals surface area contributed by atoms with E-state index in [4.69, 9.17) is 0 Å². The maximum absolute atomic E-state index is 2.16. The van der Waals surface area contributed by atoms with Crippen LogP contribution >= 0.6 is 0 Å². The number of fused-ring (bicyclic) bond motifs is 1. The predicted molar refractivity (Wildman–Crippen MR) is 72.6 cm³/mol. The summed E-state index contributed by atoms with van der Waals surface area (Å²) in [5.41, 5.74) is 2.53. The molecule has 0 aliphatic rings. The van der Waals surface area contributed by atoms with Gasteiger partial charge in [-0.15, -0.1) is 0 Å². The molecule has 0 aliphatic carbocycles. The van der Waals surface area contributed by atoms with Gasteiger partial charge in [0.25, 0.3) is 0 Å². The smallest absolute Gasteiger partial charge is 0.0461 e. The number of rotatable bonds is 2. The van der Waals surface area contributed by atoms with Crippen LogP contribution < -0.4 is 9.80 Å². The summed E-state index contributed by atoms with van der Waals surface area (Å²) in [4.78, 5) is 4.32. The topological polar surface area (TPSA) is 6.48 Å². The first-order chi connectivity index (χ1) is 7.61. The molecule has 17 heavy (non-hydrogen) atoms. The Morgan fingerprint density at radius 1 is 0.706 bits per heavy atom. The molecule has 2 aromatic carbocycles. The van der Waals surface area contributed by atoms with Crippen molar-refractivity contribution in [3.8, 4) is 0 Å². The van der Waals surface area contributed by atoms with Gasteiger partial charge in [-0.05, 0) is 17.5 Å². The second-order valence-corrected chi connectivity index (χ2v) is 4.44. The van der Waals surface area contributed by atoms with E-state index in [2.05, 4.69) is 74.4 Å². The van der Waals surface area contributed by atoms with E-state index in [0.717, 1.165) is 0 Å². The first kappa shape index (κ1) is 14.6. The Morgan fingerprint density at radius 3 is 1.47 bits per heavy atom. The minimum atomic E-state index is 0. The molecule has 0 saturated carbocycles. The van der Waals surface area contributed by atoms with Crippen LogP contribution in [0.25, 0.3) is 10.8 Å². The molecule has 0 saturated heterocycles. The fourth-order valence-corrected chi connectivity index (χ4v) is 2.05. The maximum atomic E-state index is 2.16. The summed E-state index contributed by atoms with van der Waals surface area (Å²) in [5, 5.41) is 2.61. The van der Waals surface area contributed by atoms with Gasteiger partial charge in [0.2, 0.25) is 0 Å². The van der Waals surface area contributed by atoms with Crippen LogP contribution in [0.5, 0.6) is 0 Å². The van der Waals surface area contributed by atoms with E-state index in [0.29, 0.717) is 0 Å². The largest absolute Gasteiger partial charge is 0.377 e. The predicted octanol–water partition coefficient (Wildman–Crippen LogP) is 2.97. The third-order valence-corrected chi connectivity index (χ3v) is 2.82. The molecule has 0 fully saturated rings. The summed E-state index contributed by atoms with van der Waals surface area (Å²) >= 11 is 0. The fraction of sp³-hybridized carbons (Fsp3) is 0.286. The Labute approximate surface area is 133 Å². The minimum absolute atomic E-state index is 0. The van der Waals surface area contributed by atoms with E-state index in [1.54, 1.807) is 0 Å². The zero-order valence-corrected chi connectivity index (χ0v) is 11.4. The molecule has 0 atom stereocenters. The van der Waals surface area contributed by atoms with Crippen LogP contribution in [0.3, 0.4) is 0 Å². The van der Waals surface area contributed by atoms with Gasteiger partial charge in [-0.2, -0.15) is 0 Å². The molecule has 0 N–H and O–H groups in total. The van der Waals surface area contributed by atoms with Crippen LogP contribution in [-0.2, 0) is 0 Å². The number of anilines is 2. The summed E-state index contributed by atoms with van der Waals surface area (Å²) in [5.74, 6) is 0. The first-order valence-corrected chi connectivity index (χ1v) is 5.47. The monoisotopic (exact) mass is 254 g/mol. The van der Waals surface area contributed by atoms with Crippen LogP contribution in [0.2, 0.25) is 0 Å². The molecular formula is C14H18ArN2. The van der Waals surface area contributed by atoms with Crippen molar-refractivity contribution in [1.82, 2.24) is 0 Å². The molecule has 0 spiro atoms. The third-order valence-electron chi connectivity index (χ3n) is 2.82. The van der Waals surface area contributed by atoms with Crippen molar-refractivity contribution in [2.45, 2.75) is 0 Å². The van der Waals surface area contributed by atoms with Gasteiger partial charge in [-0.3, -0.25) is 0 Å². The van der Waals surface area contributed by atoms with Crippen molar-refractivity contribution >= 4 is 22.1 Å². The Hall–Kier alpha value is -0.440. The van der Waals surface area contributed by atoms with Gasteiger partial charge in [0.1, 0.15) is 0 Å². The van der Waals surface area contributed by atoms with E-state index >= 15 is 0 Å². The van der Waals surface area contributed by atoms with Crippen molar-refractivity contribution < 1.29 is 37.7 Å². The van der Waals surface area contributed by atoms with Gasteiger partial charge in [0.15, 0.2) is 0 Å². The Bertz CT molecular complexity index is 464. The number of benzene rings is 2. The molecule has 0 bridgehead atoms. The van der Waals surface area contributed by atoms with Crippen molar-refractivity contribution in [3.63, 3.8) is 0 Å². The number of hydrogen-bond acceptors (Lipinski definition) is 2. The molecule has 2 aromatic rings. The Morgan fingerprint density at radius 2 is 1.12 bits per heavy atom. The van der Waals surface area contributed by atoms with Gasteiger partial charge in [-0.1, -0.05) is 24.3 Å². The van der Waals surface area contributed by atoms with Gasteiger partial charge in [-0.25, -0.2) is 0 Å². The van der Waals surface area contributed by atoms with Gasteiger partial charge < -0.3 is 9.80 Å². The summed E-state index contributed by atoms with van der Waals surface area (Å²) < 4.78 is 0. The van der Waals surface area contributed by atoms with Crippen LogP contribution in [-0.4, -0.2) is 28.2 Å². The van der Waals surface area contributed by atoms with Gasteiger partial charge in [0, 0.05) is 82.7 Å². The average Bonchev–Trinajstić information content (AvgIpc) is 2.27. The van der Waals surface area contributed by atoms with Crippen molar-refractivity contribution in [1.29, 1.82) is 0 Å². The molecule has 3 heteroatoms. The molecule has 0 amide bonds.